The lowest BCUT2D eigenvalue weighted by molar-refractivity contribution is 0.102. The number of nitrogens with one attached hydrogen (secondary N) is 1. The monoisotopic (exact) mass is 390 g/mol. The summed E-state index contributed by atoms with van der Waals surface area (Å²) in [6, 6.07) is 5.27. The molecule has 29 heavy (non-hydrogen) atoms. The predicted molar refractivity (Wildman–Crippen MR) is 112 cm³/mol. The number of hydrogen-bond acceptors (Lipinski definition) is 8. The average Bonchev–Trinajstić information content (AvgIpc) is 2.76. The van der Waals surface area contributed by atoms with E-state index in [4.69, 9.17) is 11.5 Å². The van der Waals surface area contributed by atoms with E-state index < -0.39 is 5.91 Å². The Bertz CT molecular complexity index is 1020. The standard InChI is InChI=1S/C20H22N8O/c21-14-4-5-15(13-10-24-20(22)25-11-13)26-18(14)19(29)27-16-12-23-7-6-17(16)28-8-2-1-3-9-28/h4-7,10-12H,1-3,8-9,21H2,(H,27,29)(H2,22,24,25). The highest BCUT2D eigenvalue weighted by molar-refractivity contribution is 6.07. The number of aromatic nitrogens is 4. The zero-order valence-corrected chi connectivity index (χ0v) is 15.9. The molecular weight excluding hydrogens is 368 g/mol. The number of carbonyl (C=O) groups is 1. The molecule has 0 atom stereocenters. The second kappa shape index (κ2) is 8.09. The number of nitrogens with zero attached hydrogens (tertiary/aromatic N) is 5. The van der Waals surface area contributed by atoms with Crippen LogP contribution in [0.2, 0.25) is 0 Å². The summed E-state index contributed by atoms with van der Waals surface area (Å²) in [6.07, 6.45) is 9.98. The normalized spacial score (nSPS) is 13.9. The fourth-order valence-corrected chi connectivity index (χ4v) is 3.36. The number of anilines is 4. The van der Waals surface area contributed by atoms with E-state index in [2.05, 4.69) is 30.2 Å². The van der Waals surface area contributed by atoms with Crippen LogP contribution in [0.25, 0.3) is 11.3 Å². The molecule has 1 saturated heterocycles. The van der Waals surface area contributed by atoms with Gasteiger partial charge in [0.25, 0.3) is 5.91 Å². The lowest BCUT2D eigenvalue weighted by atomic mass is 10.1. The van der Waals surface area contributed by atoms with Crippen LogP contribution in [0.3, 0.4) is 0 Å². The first-order chi connectivity index (χ1) is 14.1. The summed E-state index contributed by atoms with van der Waals surface area (Å²) >= 11 is 0. The van der Waals surface area contributed by atoms with Gasteiger partial charge in [0.15, 0.2) is 5.69 Å². The van der Waals surface area contributed by atoms with Crippen LogP contribution >= 0.6 is 0 Å². The molecule has 1 fully saturated rings. The highest BCUT2D eigenvalue weighted by Gasteiger charge is 2.19. The Hall–Kier alpha value is -3.75. The SMILES string of the molecule is Nc1ncc(-c2ccc(N)c(C(=O)Nc3cnccc3N3CCCCC3)n2)cn1. The summed E-state index contributed by atoms with van der Waals surface area (Å²) in [4.78, 5) is 31.7. The number of carbonyl (C=O) groups excluding carboxylic acids is 1. The number of nitrogens with two attached hydrogens (primary N) is 2. The number of piperidine rings is 1. The van der Waals surface area contributed by atoms with Gasteiger partial charge in [-0.25, -0.2) is 15.0 Å². The highest BCUT2D eigenvalue weighted by Crippen LogP contribution is 2.28. The van der Waals surface area contributed by atoms with Crippen molar-refractivity contribution in [2.24, 2.45) is 0 Å². The zero-order chi connectivity index (χ0) is 20.2. The van der Waals surface area contributed by atoms with Crippen molar-refractivity contribution in [3.05, 3.63) is 48.7 Å². The van der Waals surface area contributed by atoms with Gasteiger partial charge < -0.3 is 21.7 Å². The summed E-state index contributed by atoms with van der Waals surface area (Å²) in [5.41, 5.74) is 14.7. The average molecular weight is 390 g/mol. The summed E-state index contributed by atoms with van der Waals surface area (Å²) in [5, 5.41) is 2.92. The lowest BCUT2D eigenvalue weighted by Crippen LogP contribution is -2.30. The molecule has 9 nitrogen and oxygen atoms in total. The molecule has 1 amide bonds. The van der Waals surface area contributed by atoms with Crippen LogP contribution in [0.4, 0.5) is 23.0 Å². The quantitative estimate of drug-likeness (QED) is 0.617. The molecule has 0 aromatic carbocycles. The lowest BCUT2D eigenvalue weighted by Gasteiger charge is -2.30. The van der Waals surface area contributed by atoms with Crippen molar-refractivity contribution in [2.45, 2.75) is 19.3 Å². The van der Waals surface area contributed by atoms with Crippen molar-refractivity contribution in [1.82, 2.24) is 19.9 Å². The van der Waals surface area contributed by atoms with Gasteiger partial charge in [-0.2, -0.15) is 0 Å². The van der Waals surface area contributed by atoms with E-state index in [1.54, 1.807) is 36.9 Å². The van der Waals surface area contributed by atoms with Gasteiger partial charge in [-0.05, 0) is 37.5 Å². The maximum atomic E-state index is 13.0. The minimum atomic E-state index is -0.396. The highest BCUT2D eigenvalue weighted by atomic mass is 16.1. The Morgan fingerprint density at radius 1 is 1.00 bits per heavy atom. The number of amides is 1. The van der Waals surface area contributed by atoms with Crippen LogP contribution in [-0.2, 0) is 0 Å². The van der Waals surface area contributed by atoms with E-state index in [1.807, 2.05) is 6.07 Å². The second-order valence-corrected chi connectivity index (χ2v) is 6.86. The van der Waals surface area contributed by atoms with Crippen LogP contribution in [-0.4, -0.2) is 38.9 Å². The molecule has 0 bridgehead atoms. The zero-order valence-electron chi connectivity index (χ0n) is 15.9. The molecule has 148 valence electrons. The molecule has 0 aliphatic carbocycles. The molecule has 0 unspecified atom stereocenters. The third-order valence-electron chi connectivity index (χ3n) is 4.85. The van der Waals surface area contributed by atoms with Crippen molar-refractivity contribution in [2.75, 3.05) is 34.8 Å². The summed E-state index contributed by atoms with van der Waals surface area (Å²) in [6.45, 7) is 1.92. The van der Waals surface area contributed by atoms with E-state index in [-0.39, 0.29) is 17.3 Å². The van der Waals surface area contributed by atoms with Crippen LogP contribution < -0.4 is 21.7 Å². The van der Waals surface area contributed by atoms with Gasteiger partial charge in [0.2, 0.25) is 5.95 Å². The maximum absolute atomic E-state index is 13.0. The van der Waals surface area contributed by atoms with Crippen molar-refractivity contribution in [1.29, 1.82) is 0 Å². The molecule has 0 radical (unpaired) electrons. The van der Waals surface area contributed by atoms with E-state index in [0.717, 1.165) is 31.6 Å². The van der Waals surface area contributed by atoms with E-state index in [0.29, 0.717) is 16.9 Å². The molecule has 4 rings (SSSR count). The molecular formula is C20H22N8O. The van der Waals surface area contributed by atoms with Crippen molar-refractivity contribution < 1.29 is 4.79 Å². The first-order valence-corrected chi connectivity index (χ1v) is 9.46. The number of nitrogen functional groups attached to an aromatic ring is 2. The van der Waals surface area contributed by atoms with Gasteiger partial charge in [-0.15, -0.1) is 0 Å². The Morgan fingerprint density at radius 3 is 2.52 bits per heavy atom. The Kier molecular flexibility index (Phi) is 5.19. The van der Waals surface area contributed by atoms with Gasteiger partial charge in [0, 0.05) is 37.2 Å². The fraction of sp³-hybridized carbons (Fsp3) is 0.250. The Labute approximate surface area is 168 Å². The third-order valence-corrected chi connectivity index (χ3v) is 4.85. The topological polar surface area (TPSA) is 136 Å². The molecule has 0 saturated carbocycles. The second-order valence-electron chi connectivity index (χ2n) is 6.86. The number of hydrogen-bond donors (Lipinski definition) is 3. The summed E-state index contributed by atoms with van der Waals surface area (Å²) < 4.78 is 0. The third kappa shape index (κ3) is 4.08. The van der Waals surface area contributed by atoms with Gasteiger partial charge in [0.05, 0.1) is 29.0 Å². The molecule has 3 aromatic heterocycles. The van der Waals surface area contributed by atoms with Gasteiger partial charge in [-0.3, -0.25) is 9.78 Å². The number of pyridine rings is 2. The van der Waals surface area contributed by atoms with Crippen LogP contribution in [0.15, 0.2) is 43.0 Å². The fourth-order valence-electron chi connectivity index (χ4n) is 3.36. The van der Waals surface area contributed by atoms with Gasteiger partial charge in [-0.1, -0.05) is 0 Å². The molecule has 9 heteroatoms. The predicted octanol–water partition coefficient (Wildman–Crippen LogP) is 2.34. The summed E-state index contributed by atoms with van der Waals surface area (Å²) in [5.74, 6) is -0.226. The number of rotatable bonds is 4. The molecule has 0 spiro atoms. The van der Waals surface area contributed by atoms with Gasteiger partial charge >= 0.3 is 0 Å². The van der Waals surface area contributed by atoms with Crippen molar-refractivity contribution in [3.8, 4) is 11.3 Å². The Balaban J connectivity index is 1.61. The molecule has 1 aliphatic rings. The first kappa shape index (κ1) is 18.6. The summed E-state index contributed by atoms with van der Waals surface area (Å²) in [7, 11) is 0. The molecule has 4 heterocycles. The van der Waals surface area contributed by atoms with Crippen LogP contribution in [0.5, 0.6) is 0 Å². The van der Waals surface area contributed by atoms with Gasteiger partial charge in [0.1, 0.15) is 0 Å². The van der Waals surface area contributed by atoms with E-state index in [9.17, 15) is 4.79 Å². The van der Waals surface area contributed by atoms with Crippen LogP contribution in [0.1, 0.15) is 29.8 Å². The first-order valence-electron chi connectivity index (χ1n) is 9.46. The largest absolute Gasteiger partial charge is 0.397 e. The van der Waals surface area contributed by atoms with Crippen molar-refractivity contribution >= 4 is 28.9 Å². The van der Waals surface area contributed by atoms with E-state index >= 15 is 0 Å². The molecule has 3 aromatic rings. The smallest absolute Gasteiger partial charge is 0.276 e. The minimum absolute atomic E-state index is 0.132. The minimum Gasteiger partial charge on any atom is -0.397 e. The molecule has 1 aliphatic heterocycles. The Morgan fingerprint density at radius 2 is 1.76 bits per heavy atom. The maximum Gasteiger partial charge on any atom is 0.276 e. The molecule has 5 N–H and O–H groups in total. The van der Waals surface area contributed by atoms with E-state index in [1.165, 1.54) is 6.42 Å². The van der Waals surface area contributed by atoms with Crippen molar-refractivity contribution in [3.63, 3.8) is 0 Å². The van der Waals surface area contributed by atoms with Crippen LogP contribution in [0, 0.1) is 0 Å².